The lowest BCUT2D eigenvalue weighted by atomic mass is 9.82. The van der Waals surface area contributed by atoms with E-state index in [2.05, 4.69) is 254 Å². The van der Waals surface area contributed by atoms with Gasteiger partial charge in [-0.25, -0.2) is 29.9 Å². The van der Waals surface area contributed by atoms with E-state index in [0.717, 1.165) is 95.3 Å². The summed E-state index contributed by atoms with van der Waals surface area (Å²) in [6.07, 6.45) is 0. The fourth-order valence-electron chi connectivity index (χ4n) is 13.4. The Bertz CT molecular complexity index is 5210. The van der Waals surface area contributed by atoms with Crippen LogP contribution in [-0.4, -0.2) is 29.9 Å². The average molecular weight is 1210 g/mol. The maximum Gasteiger partial charge on any atom is 0.180 e. The summed E-state index contributed by atoms with van der Waals surface area (Å²) in [6, 6.07) is 70.7. The molecule has 0 amide bonds. The second kappa shape index (κ2) is 20.9. The van der Waals surface area contributed by atoms with E-state index in [4.69, 9.17) is 38.7 Å². The number of furan rings is 2. The van der Waals surface area contributed by atoms with Crippen molar-refractivity contribution < 1.29 is 8.83 Å². The third-order valence-corrected chi connectivity index (χ3v) is 19.6. The fraction of sp³-hybridized carbons (Fsp3) is 0.220. The molecule has 0 radical (unpaired) electrons. The zero-order chi connectivity index (χ0) is 63.1. The van der Waals surface area contributed by atoms with Gasteiger partial charge in [-0.2, -0.15) is 0 Å². The van der Waals surface area contributed by atoms with Crippen LogP contribution in [0.3, 0.4) is 0 Å². The first kappa shape index (κ1) is 57.7. The maximum atomic E-state index is 6.31. The third-order valence-electron chi connectivity index (χ3n) is 18.4. The summed E-state index contributed by atoms with van der Waals surface area (Å²) in [6.45, 7) is 28.7. The number of benzene rings is 9. The topological polar surface area (TPSA) is 104 Å². The molecular weight excluding hydrogens is 1130 g/mol. The Morgan fingerprint density at radius 3 is 1.23 bits per heavy atom. The summed E-state index contributed by atoms with van der Waals surface area (Å²) >= 11 is 1.80. The van der Waals surface area contributed by atoms with Crippen molar-refractivity contribution in [1.82, 2.24) is 29.9 Å². The minimum Gasteiger partial charge on any atom is -0.452 e. The molecule has 0 spiro atoms. The van der Waals surface area contributed by atoms with Gasteiger partial charge in [-0.3, -0.25) is 0 Å². The van der Waals surface area contributed by atoms with E-state index < -0.39 is 0 Å². The number of thiophene rings is 1. The van der Waals surface area contributed by atoms with Gasteiger partial charge in [-0.1, -0.05) is 242 Å². The number of aromatic nitrogens is 6. The van der Waals surface area contributed by atoms with Gasteiger partial charge in [0.25, 0.3) is 0 Å². The third kappa shape index (κ3) is 9.70. The lowest BCUT2D eigenvalue weighted by Crippen LogP contribution is -2.16. The molecule has 91 heavy (non-hydrogen) atoms. The molecule has 8 nitrogen and oxygen atoms in total. The van der Waals surface area contributed by atoms with Crippen LogP contribution >= 0.6 is 11.3 Å². The molecule has 15 aromatic rings. The van der Waals surface area contributed by atoms with Crippen LogP contribution in [0.15, 0.2) is 209 Å². The van der Waals surface area contributed by atoms with E-state index in [9.17, 15) is 0 Å². The monoisotopic (exact) mass is 1200 g/mol. The summed E-state index contributed by atoms with van der Waals surface area (Å²) in [5, 5.41) is 5.68. The maximum absolute atomic E-state index is 6.31. The summed E-state index contributed by atoms with van der Waals surface area (Å²) in [7, 11) is 0. The zero-order valence-electron chi connectivity index (χ0n) is 54.0. The number of para-hydroxylation sites is 2. The van der Waals surface area contributed by atoms with E-state index in [1.165, 1.54) is 75.6 Å². The molecule has 6 heterocycles. The first-order valence-electron chi connectivity index (χ1n) is 31.6. The Morgan fingerprint density at radius 1 is 0.330 bits per heavy atom. The van der Waals surface area contributed by atoms with Crippen LogP contribution in [0, 0.1) is 0 Å². The molecule has 0 bridgehead atoms. The van der Waals surface area contributed by atoms with Gasteiger partial charge in [0.1, 0.15) is 51.1 Å². The zero-order valence-corrected chi connectivity index (χ0v) is 54.8. The van der Waals surface area contributed by atoms with Crippen LogP contribution < -0.4 is 0 Å². The van der Waals surface area contributed by atoms with Gasteiger partial charge in [0, 0.05) is 64.6 Å². The number of nitrogens with zero attached hydrogens (tertiary/aromatic N) is 6. The van der Waals surface area contributed by atoms with E-state index in [1.54, 1.807) is 11.3 Å². The second-order valence-corrected chi connectivity index (χ2v) is 29.7. The molecule has 2 aliphatic rings. The molecule has 0 aliphatic heterocycles. The predicted octanol–water partition coefficient (Wildman–Crippen LogP) is 22.3. The standard InChI is InChI=1S/C29H26N2O.C29H26N2S.C24H20N2O/c2*1-28(2,3)27-30-24(26-25(31-27)19-11-7-9-13-23(19)32-26)17-14-15-22-20(16-17)18-10-6-8-12-21(18)29(22,4)5;1-24(2,3)23-25-20(17-13-12-15-8-4-5-9-16(15)14-17)22-21(26-23)18-10-6-7-11-19(18)27-22/h2*6-16H,1-5H3;4-14H,1-3H3. The van der Waals surface area contributed by atoms with Gasteiger partial charge in [0.15, 0.2) is 11.2 Å². The molecular formula is C82H72N6O2S. The van der Waals surface area contributed by atoms with Crippen molar-refractivity contribution in [3.05, 3.63) is 240 Å². The minimum absolute atomic E-state index is 0.0125. The Labute approximate surface area is 535 Å². The van der Waals surface area contributed by atoms with Crippen LogP contribution in [0.1, 0.15) is 130 Å². The lowest BCUT2D eigenvalue weighted by molar-refractivity contribution is 0.547. The molecule has 9 aromatic carbocycles. The van der Waals surface area contributed by atoms with Gasteiger partial charge in [-0.15, -0.1) is 11.3 Å². The summed E-state index contributed by atoms with van der Waals surface area (Å²) in [5.41, 5.74) is 22.4. The fourth-order valence-corrected chi connectivity index (χ4v) is 14.6. The highest BCUT2D eigenvalue weighted by molar-refractivity contribution is 7.26. The first-order chi connectivity index (χ1) is 43.5. The molecule has 2 aliphatic carbocycles. The SMILES string of the molecule is CC(C)(C)c1nc(-c2ccc3c(c2)-c2ccccc2C3(C)C)c2oc3ccccc3c2n1.CC(C)(C)c1nc(-c2ccc3c(c2)-c2ccccc2C3(C)C)c2sc3ccccc3c2n1.CC(C)(C)c1nc(-c2ccc3ccccc3c2)c2oc3ccccc3c2n1. The van der Waals surface area contributed by atoms with Crippen molar-refractivity contribution in [2.75, 3.05) is 0 Å². The Morgan fingerprint density at radius 2 is 0.714 bits per heavy atom. The van der Waals surface area contributed by atoms with Crippen molar-refractivity contribution >= 4 is 86.5 Å². The molecule has 0 saturated carbocycles. The number of hydrogen-bond acceptors (Lipinski definition) is 9. The van der Waals surface area contributed by atoms with Crippen LogP contribution in [-0.2, 0) is 27.1 Å². The van der Waals surface area contributed by atoms with Crippen molar-refractivity contribution in [2.45, 2.75) is 117 Å². The summed E-state index contributed by atoms with van der Waals surface area (Å²) in [5.74, 6) is 2.54. The highest BCUT2D eigenvalue weighted by Gasteiger charge is 2.37. The first-order valence-corrected chi connectivity index (χ1v) is 32.4. The van der Waals surface area contributed by atoms with E-state index in [0.29, 0.717) is 0 Å². The van der Waals surface area contributed by atoms with Gasteiger partial charge >= 0.3 is 0 Å². The minimum atomic E-state index is -0.174. The van der Waals surface area contributed by atoms with Crippen molar-refractivity contribution in [3.8, 4) is 56.0 Å². The molecule has 17 rings (SSSR count). The van der Waals surface area contributed by atoms with E-state index >= 15 is 0 Å². The normalized spacial score (nSPS) is 13.9. The molecule has 6 aromatic heterocycles. The number of hydrogen-bond donors (Lipinski definition) is 0. The quantitative estimate of drug-likeness (QED) is 0.172. The average Bonchev–Trinajstić information content (AvgIpc) is 1.62. The largest absolute Gasteiger partial charge is 0.452 e. The highest BCUT2D eigenvalue weighted by atomic mass is 32.1. The molecule has 9 heteroatoms. The van der Waals surface area contributed by atoms with Gasteiger partial charge < -0.3 is 8.83 Å². The van der Waals surface area contributed by atoms with Crippen LogP contribution in [0.5, 0.6) is 0 Å². The van der Waals surface area contributed by atoms with E-state index in [1.807, 2.05) is 36.4 Å². The van der Waals surface area contributed by atoms with Gasteiger partial charge in [-0.05, 0) is 104 Å². The Hall–Kier alpha value is -9.70. The van der Waals surface area contributed by atoms with Crippen LogP contribution in [0.4, 0.5) is 0 Å². The van der Waals surface area contributed by atoms with Crippen molar-refractivity contribution in [1.29, 1.82) is 0 Å². The molecule has 0 unspecified atom stereocenters. The Kier molecular flexibility index (Phi) is 13.3. The second-order valence-electron chi connectivity index (χ2n) is 28.7. The predicted molar refractivity (Wildman–Crippen MR) is 379 cm³/mol. The van der Waals surface area contributed by atoms with Gasteiger partial charge in [0.05, 0.1) is 15.9 Å². The number of fused-ring (bicyclic) bond motifs is 16. The molecule has 448 valence electrons. The van der Waals surface area contributed by atoms with Gasteiger partial charge in [0.2, 0.25) is 0 Å². The van der Waals surface area contributed by atoms with Crippen molar-refractivity contribution in [3.63, 3.8) is 0 Å². The van der Waals surface area contributed by atoms with Crippen LogP contribution in [0.2, 0.25) is 0 Å². The van der Waals surface area contributed by atoms with Crippen molar-refractivity contribution in [2.24, 2.45) is 0 Å². The number of rotatable bonds is 3. The molecule has 0 saturated heterocycles. The Balaban J connectivity index is 0.000000114. The summed E-state index contributed by atoms with van der Waals surface area (Å²) in [4.78, 5) is 30.0. The molecule has 0 atom stereocenters. The molecule has 0 fully saturated rings. The lowest BCUT2D eigenvalue weighted by Gasteiger charge is -2.21. The molecule has 0 N–H and O–H groups in total. The summed E-state index contributed by atoms with van der Waals surface area (Å²) < 4.78 is 14.9. The highest BCUT2D eigenvalue weighted by Crippen LogP contribution is 2.52. The van der Waals surface area contributed by atoms with Crippen LogP contribution in [0.25, 0.3) is 131 Å². The van der Waals surface area contributed by atoms with E-state index in [-0.39, 0.29) is 27.1 Å². The smallest absolute Gasteiger partial charge is 0.180 e.